The van der Waals surface area contributed by atoms with Crippen molar-refractivity contribution in [1.29, 1.82) is 0 Å². The topological polar surface area (TPSA) is 64.6 Å². The van der Waals surface area contributed by atoms with Crippen LogP contribution in [0.5, 0.6) is 0 Å². The van der Waals surface area contributed by atoms with Gasteiger partial charge in [0.15, 0.2) is 6.29 Å². The monoisotopic (exact) mass is 290 g/mol. The van der Waals surface area contributed by atoms with Crippen LogP contribution in [0, 0.1) is 10.1 Å². The van der Waals surface area contributed by atoms with Crippen LogP contribution in [0.3, 0.4) is 0 Å². The molecule has 0 unspecified atom stereocenters. The second-order valence-corrected chi connectivity index (χ2v) is 5.10. The Morgan fingerprint density at radius 2 is 1.73 bits per heavy atom. The lowest BCUT2D eigenvalue weighted by Crippen LogP contribution is -1.89. The minimum absolute atomic E-state index is 0.0178. The largest absolute Gasteiger partial charge is 0.309 e. The van der Waals surface area contributed by atoms with Gasteiger partial charge in [0.25, 0.3) is 5.69 Å². The second-order valence-electron chi connectivity index (χ2n) is 5.10. The maximum absolute atomic E-state index is 11.5. The summed E-state index contributed by atoms with van der Waals surface area (Å²) in [6.45, 7) is 0. The van der Waals surface area contributed by atoms with Crippen LogP contribution in [0.15, 0.2) is 54.6 Å². The van der Waals surface area contributed by atoms with Gasteiger partial charge in [-0.1, -0.05) is 24.3 Å². The Morgan fingerprint density at radius 3 is 2.50 bits per heavy atom. The Hall–Kier alpha value is -3.21. The van der Waals surface area contributed by atoms with E-state index in [0.717, 1.165) is 28.2 Å². The van der Waals surface area contributed by atoms with Crippen LogP contribution >= 0.6 is 0 Å². The zero-order valence-corrected chi connectivity index (χ0v) is 11.4. The Bertz CT molecular complexity index is 1080. The van der Waals surface area contributed by atoms with Gasteiger partial charge in [0, 0.05) is 23.1 Å². The highest BCUT2D eigenvalue weighted by Gasteiger charge is 2.16. The molecule has 0 amide bonds. The van der Waals surface area contributed by atoms with Gasteiger partial charge >= 0.3 is 0 Å². The van der Waals surface area contributed by atoms with E-state index < -0.39 is 4.92 Å². The smallest absolute Gasteiger partial charge is 0.270 e. The summed E-state index contributed by atoms with van der Waals surface area (Å²) in [5.41, 5.74) is 2.97. The third-order valence-electron chi connectivity index (χ3n) is 3.96. The highest BCUT2D eigenvalue weighted by atomic mass is 16.6. The summed E-state index contributed by atoms with van der Waals surface area (Å²) in [4.78, 5) is 22.1. The van der Waals surface area contributed by atoms with Crippen LogP contribution in [0.2, 0.25) is 0 Å². The fourth-order valence-electron chi connectivity index (χ4n) is 2.99. The summed E-state index contributed by atoms with van der Waals surface area (Å²) in [6.07, 6.45) is 0.760. The van der Waals surface area contributed by atoms with Crippen LogP contribution in [-0.2, 0) is 0 Å². The fraction of sp³-hybridized carbons (Fsp3) is 0. The van der Waals surface area contributed by atoms with Gasteiger partial charge in [0.05, 0.1) is 21.5 Å². The van der Waals surface area contributed by atoms with E-state index in [0.29, 0.717) is 10.9 Å². The van der Waals surface area contributed by atoms with E-state index in [2.05, 4.69) is 0 Å². The molecule has 22 heavy (non-hydrogen) atoms. The minimum Gasteiger partial charge on any atom is -0.309 e. The van der Waals surface area contributed by atoms with Crippen molar-refractivity contribution >= 4 is 39.3 Å². The van der Waals surface area contributed by atoms with E-state index in [4.69, 9.17) is 0 Å². The number of hydrogen-bond acceptors (Lipinski definition) is 3. The first-order valence-electron chi connectivity index (χ1n) is 6.76. The van der Waals surface area contributed by atoms with Crippen molar-refractivity contribution in [1.82, 2.24) is 4.40 Å². The molecule has 0 atom stereocenters. The average molecular weight is 290 g/mol. The molecule has 0 bridgehead atoms. The highest BCUT2D eigenvalue weighted by Crippen LogP contribution is 2.31. The van der Waals surface area contributed by atoms with Gasteiger partial charge in [-0.25, -0.2) is 0 Å². The van der Waals surface area contributed by atoms with Crippen molar-refractivity contribution < 1.29 is 9.72 Å². The molecular formula is C17H10N2O3. The summed E-state index contributed by atoms with van der Waals surface area (Å²) in [6, 6.07) is 16.3. The highest BCUT2D eigenvalue weighted by molar-refractivity contribution is 6.09. The Morgan fingerprint density at radius 1 is 0.955 bits per heavy atom. The van der Waals surface area contributed by atoms with Crippen LogP contribution in [0.25, 0.3) is 27.3 Å². The first kappa shape index (κ1) is 12.5. The van der Waals surface area contributed by atoms with Crippen LogP contribution in [0.1, 0.15) is 10.4 Å². The van der Waals surface area contributed by atoms with Gasteiger partial charge in [-0.2, -0.15) is 0 Å². The van der Waals surface area contributed by atoms with Gasteiger partial charge in [-0.05, 0) is 23.6 Å². The van der Waals surface area contributed by atoms with Crippen molar-refractivity contribution in [3.63, 3.8) is 0 Å². The Kier molecular flexibility index (Phi) is 2.50. The molecule has 0 N–H and O–H groups in total. The average Bonchev–Trinajstić information content (AvgIpc) is 2.87. The zero-order valence-electron chi connectivity index (χ0n) is 11.4. The quantitative estimate of drug-likeness (QED) is 0.319. The maximum Gasteiger partial charge on any atom is 0.270 e. The first-order valence-corrected chi connectivity index (χ1v) is 6.76. The number of aldehydes is 1. The molecule has 0 spiro atoms. The van der Waals surface area contributed by atoms with Crippen molar-refractivity contribution in [2.45, 2.75) is 0 Å². The molecule has 0 saturated heterocycles. The molecule has 5 heteroatoms. The molecule has 4 rings (SSSR count). The lowest BCUT2D eigenvalue weighted by molar-refractivity contribution is -0.384. The van der Waals surface area contributed by atoms with Gasteiger partial charge in [0.1, 0.15) is 0 Å². The van der Waals surface area contributed by atoms with Gasteiger partial charge in [-0.15, -0.1) is 0 Å². The number of aromatic nitrogens is 1. The maximum atomic E-state index is 11.5. The summed E-state index contributed by atoms with van der Waals surface area (Å²) in [5.74, 6) is 0. The Balaban J connectivity index is 2.28. The number of non-ortho nitro benzene ring substituents is 1. The van der Waals surface area contributed by atoms with E-state index in [1.807, 2.05) is 40.8 Å². The molecule has 106 valence electrons. The molecule has 0 saturated carbocycles. The predicted molar refractivity (Wildman–Crippen MR) is 84.5 cm³/mol. The number of nitrogens with zero attached hydrogens (tertiary/aromatic N) is 2. The molecule has 0 aliphatic rings. The number of benzene rings is 2. The molecule has 2 aromatic carbocycles. The SMILES string of the molecule is O=Cc1c2cc([N+](=O)[O-])ccc2n2c1ccc1ccccc12. The summed E-state index contributed by atoms with van der Waals surface area (Å²) in [5, 5.41) is 12.6. The molecule has 0 radical (unpaired) electrons. The number of carbonyl (C=O) groups excluding carboxylic acids is 1. The molecule has 2 aromatic heterocycles. The zero-order chi connectivity index (χ0) is 15.3. The van der Waals surface area contributed by atoms with E-state index >= 15 is 0 Å². The Labute approximate surface area is 124 Å². The third-order valence-corrected chi connectivity index (χ3v) is 3.96. The molecule has 5 nitrogen and oxygen atoms in total. The summed E-state index contributed by atoms with van der Waals surface area (Å²) < 4.78 is 1.97. The first-order chi connectivity index (χ1) is 10.7. The van der Waals surface area contributed by atoms with Crippen molar-refractivity contribution in [3.05, 3.63) is 70.3 Å². The number of fused-ring (bicyclic) bond motifs is 5. The van der Waals surface area contributed by atoms with E-state index in [-0.39, 0.29) is 5.69 Å². The van der Waals surface area contributed by atoms with E-state index in [9.17, 15) is 14.9 Å². The van der Waals surface area contributed by atoms with Crippen molar-refractivity contribution in [3.8, 4) is 0 Å². The standard InChI is InChI=1S/C17H10N2O3/c20-10-14-13-9-12(19(21)22)6-8-16(13)18-15-4-2-1-3-11(15)5-7-17(14)18/h1-10H. The number of rotatable bonds is 2. The van der Waals surface area contributed by atoms with E-state index in [1.165, 1.54) is 12.1 Å². The molecule has 0 fully saturated rings. The second kappa shape index (κ2) is 4.39. The molecule has 0 aliphatic heterocycles. The van der Waals surface area contributed by atoms with Crippen LogP contribution < -0.4 is 0 Å². The molecule has 4 aromatic rings. The normalized spacial score (nSPS) is 11.3. The number of pyridine rings is 1. The van der Waals surface area contributed by atoms with Crippen molar-refractivity contribution in [2.75, 3.05) is 0 Å². The number of carbonyl (C=O) groups is 1. The minimum atomic E-state index is -0.450. The van der Waals surface area contributed by atoms with E-state index in [1.54, 1.807) is 6.07 Å². The molecule has 2 heterocycles. The third kappa shape index (κ3) is 1.56. The lowest BCUT2D eigenvalue weighted by Gasteiger charge is -2.04. The van der Waals surface area contributed by atoms with Crippen LogP contribution in [-0.4, -0.2) is 15.6 Å². The number of hydrogen-bond donors (Lipinski definition) is 0. The summed E-state index contributed by atoms with van der Waals surface area (Å²) >= 11 is 0. The fourth-order valence-corrected chi connectivity index (χ4v) is 2.99. The lowest BCUT2D eigenvalue weighted by atomic mass is 10.1. The predicted octanol–water partition coefficient (Wildman–Crippen LogP) is 3.97. The number of nitro groups is 1. The van der Waals surface area contributed by atoms with Gasteiger partial charge in [0.2, 0.25) is 0 Å². The van der Waals surface area contributed by atoms with Crippen molar-refractivity contribution in [2.24, 2.45) is 0 Å². The summed E-state index contributed by atoms with van der Waals surface area (Å²) in [7, 11) is 0. The van der Waals surface area contributed by atoms with Crippen LogP contribution in [0.4, 0.5) is 5.69 Å². The molecular weight excluding hydrogens is 280 g/mol. The molecule has 0 aliphatic carbocycles. The number of nitro benzene ring substituents is 1. The van der Waals surface area contributed by atoms with Gasteiger partial charge < -0.3 is 4.40 Å². The number of para-hydroxylation sites is 1. The van der Waals surface area contributed by atoms with Gasteiger partial charge in [-0.3, -0.25) is 14.9 Å².